The zero-order chi connectivity index (χ0) is 20.4. The highest BCUT2D eigenvalue weighted by Gasteiger charge is 2.07. The minimum atomic E-state index is -0.0764. The van der Waals surface area contributed by atoms with Crippen molar-refractivity contribution in [1.82, 2.24) is 25.0 Å². The van der Waals surface area contributed by atoms with Gasteiger partial charge in [-0.25, -0.2) is 4.68 Å². The Kier molecular flexibility index (Phi) is 5.50. The van der Waals surface area contributed by atoms with Crippen LogP contribution in [-0.4, -0.2) is 25.0 Å². The molecule has 0 amide bonds. The predicted molar refractivity (Wildman–Crippen MR) is 120 cm³/mol. The molecule has 146 valence electrons. The van der Waals surface area contributed by atoms with Crippen LogP contribution in [0.1, 0.15) is 5.56 Å². The van der Waals surface area contributed by atoms with Crippen molar-refractivity contribution < 1.29 is 0 Å². The Labute approximate surface area is 181 Å². The predicted octanol–water partition coefficient (Wildman–Crippen LogP) is 4.15. The summed E-state index contributed by atoms with van der Waals surface area (Å²) < 4.78 is 3.51. The molecule has 0 saturated carbocycles. The van der Waals surface area contributed by atoms with Crippen LogP contribution in [0.4, 0.5) is 0 Å². The number of H-pyrrole nitrogens is 3. The van der Waals surface area contributed by atoms with Gasteiger partial charge in [-0.05, 0) is 54.1 Å². The molecule has 5 rings (SSSR count). The lowest BCUT2D eigenvalue weighted by Gasteiger charge is -2.00. The normalized spacial score (nSPS) is 10.8. The van der Waals surface area contributed by atoms with E-state index in [-0.39, 0.29) is 11.1 Å². The van der Waals surface area contributed by atoms with E-state index in [1.807, 2.05) is 42.5 Å². The van der Waals surface area contributed by atoms with E-state index in [9.17, 15) is 9.59 Å². The van der Waals surface area contributed by atoms with Crippen molar-refractivity contribution >= 4 is 53.7 Å². The second kappa shape index (κ2) is 8.22. The first-order chi connectivity index (χ1) is 14.0. The van der Waals surface area contributed by atoms with Crippen LogP contribution in [0.5, 0.6) is 0 Å². The van der Waals surface area contributed by atoms with Crippen LogP contribution in [0.2, 0.25) is 0 Å². The van der Waals surface area contributed by atoms with Crippen molar-refractivity contribution in [2.45, 2.75) is 6.54 Å². The summed E-state index contributed by atoms with van der Waals surface area (Å²) in [6, 6.07) is 14.9. The fraction of sp³-hybridized carbons (Fsp3) is 0.0500. The van der Waals surface area contributed by atoms with Gasteiger partial charge in [0.15, 0.2) is 0 Å². The van der Waals surface area contributed by atoms with Crippen LogP contribution in [0.15, 0.2) is 79.5 Å². The first kappa shape index (κ1) is 19.4. The van der Waals surface area contributed by atoms with Gasteiger partial charge < -0.3 is 0 Å². The Morgan fingerprint density at radius 2 is 1.48 bits per heavy atom. The minimum absolute atomic E-state index is 0.00527. The summed E-state index contributed by atoms with van der Waals surface area (Å²) >= 11 is 6.70. The molecule has 0 fully saturated rings. The van der Waals surface area contributed by atoms with E-state index in [1.165, 1.54) is 0 Å². The van der Waals surface area contributed by atoms with Gasteiger partial charge in [-0.15, -0.1) is 0 Å². The third kappa shape index (κ3) is 4.25. The van der Waals surface area contributed by atoms with Gasteiger partial charge >= 0.3 is 0 Å². The first-order valence-corrected chi connectivity index (χ1v) is 10.2. The van der Waals surface area contributed by atoms with Gasteiger partial charge in [0.05, 0.1) is 28.4 Å². The maximum atomic E-state index is 12.1. The number of fused-ring (bicyclic) bond motifs is 2. The fourth-order valence-corrected chi connectivity index (χ4v) is 3.65. The Morgan fingerprint density at radius 3 is 2.21 bits per heavy atom. The largest absolute Gasteiger partial charge is 0.297 e. The zero-order valence-corrected chi connectivity index (χ0v) is 18.1. The number of hydrogen-bond donors (Lipinski definition) is 3. The highest BCUT2D eigenvalue weighted by molar-refractivity contribution is 9.10. The third-order valence-corrected chi connectivity index (χ3v) is 5.33. The molecule has 0 bridgehead atoms. The Bertz CT molecular complexity index is 1400. The summed E-state index contributed by atoms with van der Waals surface area (Å²) in [6.07, 6.45) is 3.44. The van der Waals surface area contributed by atoms with E-state index >= 15 is 0 Å². The topological polar surface area (TPSA) is 99.3 Å². The standard InChI is InChI=1S/C13H10BrN3O.C7H5BrN2O/c14-10-1-2-11-12(7-10)16-17(13(11)18)8-9-3-5-15-6-4-9;8-4-1-2-5-6(3-4)9-10-7(5)11/h1-7,16H,8H2;1-3H,(H2,9,10,11). The second-order valence-electron chi connectivity index (χ2n) is 6.32. The number of hydrogen-bond acceptors (Lipinski definition) is 3. The highest BCUT2D eigenvalue weighted by atomic mass is 79.9. The Morgan fingerprint density at radius 1 is 0.828 bits per heavy atom. The number of nitrogens with zero attached hydrogens (tertiary/aromatic N) is 2. The molecule has 0 unspecified atom stereocenters. The third-order valence-electron chi connectivity index (χ3n) is 4.34. The summed E-state index contributed by atoms with van der Waals surface area (Å²) in [7, 11) is 0. The Hall–Kier alpha value is -2.91. The lowest BCUT2D eigenvalue weighted by atomic mass is 10.2. The molecular formula is C20H15Br2N5O2. The van der Waals surface area contributed by atoms with Crippen LogP contribution >= 0.6 is 31.9 Å². The number of halogens is 2. The average Bonchev–Trinajstić information content (AvgIpc) is 3.22. The van der Waals surface area contributed by atoms with Crippen molar-refractivity contribution in [3.63, 3.8) is 0 Å². The molecule has 3 heterocycles. The molecule has 0 saturated heterocycles. The van der Waals surface area contributed by atoms with Crippen LogP contribution in [0, 0.1) is 0 Å². The summed E-state index contributed by atoms with van der Waals surface area (Å²) in [4.78, 5) is 27.1. The molecule has 0 aliphatic carbocycles. The zero-order valence-electron chi connectivity index (χ0n) is 14.9. The van der Waals surface area contributed by atoms with E-state index in [1.54, 1.807) is 23.1 Å². The molecule has 0 aliphatic rings. The summed E-state index contributed by atoms with van der Waals surface area (Å²) in [5.74, 6) is 0. The van der Waals surface area contributed by atoms with Crippen molar-refractivity contribution in [3.05, 3.63) is 96.1 Å². The van der Waals surface area contributed by atoms with Crippen LogP contribution < -0.4 is 11.1 Å². The van der Waals surface area contributed by atoms with Gasteiger partial charge in [0, 0.05) is 21.3 Å². The highest BCUT2D eigenvalue weighted by Crippen LogP contribution is 2.16. The smallest absolute Gasteiger partial charge is 0.274 e. The lowest BCUT2D eigenvalue weighted by Crippen LogP contribution is -2.17. The first-order valence-electron chi connectivity index (χ1n) is 8.64. The van der Waals surface area contributed by atoms with E-state index < -0.39 is 0 Å². The minimum Gasteiger partial charge on any atom is -0.297 e. The van der Waals surface area contributed by atoms with Gasteiger partial charge in [0.2, 0.25) is 0 Å². The lowest BCUT2D eigenvalue weighted by molar-refractivity contribution is 0.671. The fourth-order valence-electron chi connectivity index (χ4n) is 2.93. The molecule has 0 atom stereocenters. The van der Waals surface area contributed by atoms with Gasteiger partial charge in [-0.3, -0.25) is 29.9 Å². The van der Waals surface area contributed by atoms with Crippen molar-refractivity contribution in [2.75, 3.05) is 0 Å². The van der Waals surface area contributed by atoms with Crippen molar-refractivity contribution in [3.8, 4) is 0 Å². The number of nitrogens with one attached hydrogen (secondary N) is 3. The van der Waals surface area contributed by atoms with Crippen LogP contribution in [0.25, 0.3) is 21.8 Å². The molecule has 5 aromatic rings. The van der Waals surface area contributed by atoms with Crippen LogP contribution in [0.3, 0.4) is 0 Å². The monoisotopic (exact) mass is 515 g/mol. The van der Waals surface area contributed by atoms with Crippen molar-refractivity contribution in [1.29, 1.82) is 0 Å². The van der Waals surface area contributed by atoms with Gasteiger partial charge in [-0.1, -0.05) is 31.9 Å². The number of rotatable bonds is 2. The molecule has 0 spiro atoms. The average molecular weight is 517 g/mol. The summed E-state index contributed by atoms with van der Waals surface area (Å²) in [5.41, 5.74) is 2.62. The molecule has 29 heavy (non-hydrogen) atoms. The molecule has 0 aliphatic heterocycles. The molecule has 2 aromatic carbocycles. The number of aromatic nitrogens is 5. The van der Waals surface area contributed by atoms with E-state index in [0.717, 1.165) is 25.5 Å². The van der Waals surface area contributed by atoms with Gasteiger partial charge in [0.25, 0.3) is 11.1 Å². The molecular weight excluding hydrogens is 502 g/mol. The summed E-state index contributed by atoms with van der Waals surface area (Å²) in [5, 5.41) is 9.76. The second-order valence-corrected chi connectivity index (χ2v) is 8.15. The molecule has 3 aromatic heterocycles. The van der Waals surface area contributed by atoms with Gasteiger partial charge in [0.1, 0.15) is 0 Å². The quantitative estimate of drug-likeness (QED) is 0.328. The van der Waals surface area contributed by atoms with Crippen LogP contribution in [-0.2, 0) is 6.54 Å². The van der Waals surface area contributed by atoms with E-state index in [2.05, 4.69) is 52.1 Å². The number of pyridine rings is 1. The van der Waals surface area contributed by atoms with Gasteiger partial charge in [-0.2, -0.15) is 0 Å². The maximum Gasteiger partial charge on any atom is 0.274 e. The SMILES string of the molecule is O=c1[nH][nH]c2cc(Br)ccc12.O=c1c2ccc(Br)cc2[nH]n1Cc1ccncc1. The van der Waals surface area contributed by atoms with Crippen molar-refractivity contribution in [2.24, 2.45) is 0 Å². The molecule has 9 heteroatoms. The molecule has 0 radical (unpaired) electrons. The maximum absolute atomic E-state index is 12.1. The number of aromatic amines is 3. The Balaban J connectivity index is 0.000000159. The summed E-state index contributed by atoms with van der Waals surface area (Å²) in [6.45, 7) is 0.521. The molecule has 7 nitrogen and oxygen atoms in total. The molecule has 3 N–H and O–H groups in total. The van der Waals surface area contributed by atoms with E-state index in [0.29, 0.717) is 17.3 Å². The number of benzene rings is 2. The van der Waals surface area contributed by atoms with E-state index in [4.69, 9.17) is 0 Å².